The van der Waals surface area contributed by atoms with Gasteiger partial charge in [-0.1, -0.05) is 6.07 Å². The number of piperidine rings is 2. The summed E-state index contributed by atoms with van der Waals surface area (Å²) in [5.74, 6) is 0.0463. The third-order valence-corrected chi connectivity index (χ3v) is 6.87. The van der Waals surface area contributed by atoms with Crippen LogP contribution in [-0.2, 0) is 14.4 Å². The molecule has 4 amide bonds. The van der Waals surface area contributed by atoms with Gasteiger partial charge in [0.25, 0.3) is 0 Å². The number of aromatic nitrogens is 1. The Kier molecular flexibility index (Phi) is 7.61. The minimum Gasteiger partial charge on any atom is -0.465 e. The first-order valence-corrected chi connectivity index (χ1v) is 11.9. The van der Waals surface area contributed by atoms with Crippen molar-refractivity contribution < 1.29 is 24.3 Å². The topological polar surface area (TPSA) is 135 Å². The molecule has 34 heavy (non-hydrogen) atoms. The van der Waals surface area contributed by atoms with E-state index < -0.39 is 12.0 Å². The van der Waals surface area contributed by atoms with E-state index >= 15 is 0 Å². The lowest BCUT2D eigenvalue weighted by molar-refractivity contribution is -0.134. The molecule has 0 spiro atoms. The number of carboxylic acid groups (broad SMARTS) is 1. The van der Waals surface area contributed by atoms with Crippen LogP contribution in [0, 0.1) is 0 Å². The Hall–Kier alpha value is -3.21. The lowest BCUT2D eigenvalue weighted by atomic mass is 9.94. The third kappa shape index (κ3) is 6.02. The molecule has 4 rings (SSSR count). The number of carbonyl (C=O) groups is 4. The summed E-state index contributed by atoms with van der Waals surface area (Å²) < 4.78 is 0. The van der Waals surface area contributed by atoms with Crippen LogP contribution in [0.15, 0.2) is 18.2 Å². The molecule has 1 aromatic rings. The number of imide groups is 1. The fourth-order valence-corrected chi connectivity index (χ4v) is 4.85. The van der Waals surface area contributed by atoms with Gasteiger partial charge in [0.2, 0.25) is 17.7 Å². The summed E-state index contributed by atoms with van der Waals surface area (Å²) in [6.07, 6.45) is 1.57. The maximum absolute atomic E-state index is 12.6. The quantitative estimate of drug-likeness (QED) is 0.506. The molecule has 0 bridgehead atoms. The largest absolute Gasteiger partial charge is 0.465 e. The first kappa shape index (κ1) is 23.9. The molecule has 11 nitrogen and oxygen atoms in total. The van der Waals surface area contributed by atoms with Crippen molar-refractivity contribution in [3.05, 3.63) is 23.9 Å². The van der Waals surface area contributed by atoms with E-state index in [0.717, 1.165) is 32.0 Å². The molecular weight excluding hydrogens is 440 g/mol. The van der Waals surface area contributed by atoms with Crippen LogP contribution in [0.25, 0.3) is 0 Å². The van der Waals surface area contributed by atoms with Crippen LogP contribution in [0.1, 0.15) is 43.7 Å². The van der Waals surface area contributed by atoms with E-state index in [1.54, 1.807) is 0 Å². The number of nitrogens with one attached hydrogen (secondary N) is 2. The van der Waals surface area contributed by atoms with Crippen LogP contribution in [0.2, 0.25) is 0 Å². The van der Waals surface area contributed by atoms with E-state index in [9.17, 15) is 19.2 Å². The van der Waals surface area contributed by atoms with Gasteiger partial charge in [-0.25, -0.2) is 9.78 Å². The molecule has 1 aromatic heterocycles. The van der Waals surface area contributed by atoms with Crippen LogP contribution in [0.3, 0.4) is 0 Å². The maximum atomic E-state index is 12.6. The van der Waals surface area contributed by atoms with Gasteiger partial charge in [-0.2, -0.15) is 0 Å². The molecule has 184 valence electrons. The Balaban J connectivity index is 1.21. The summed E-state index contributed by atoms with van der Waals surface area (Å²) in [5, 5.41) is 13.7. The summed E-state index contributed by atoms with van der Waals surface area (Å²) in [6, 6.07) is 5.61. The molecule has 1 unspecified atom stereocenters. The molecule has 4 heterocycles. The number of likely N-dealkylation sites (tertiary alicyclic amines) is 1. The average molecular weight is 473 g/mol. The van der Waals surface area contributed by atoms with Gasteiger partial charge >= 0.3 is 6.09 Å². The smallest absolute Gasteiger partial charge is 0.404 e. The fraction of sp³-hybridized carbons (Fsp3) is 0.609. The second-order valence-corrected chi connectivity index (χ2v) is 9.11. The molecule has 0 radical (unpaired) electrons. The molecular formula is C23H32N6O5. The van der Waals surface area contributed by atoms with E-state index in [4.69, 9.17) is 10.1 Å². The zero-order valence-electron chi connectivity index (χ0n) is 19.2. The van der Waals surface area contributed by atoms with Gasteiger partial charge in [0.1, 0.15) is 5.82 Å². The Labute approximate surface area is 198 Å². The average Bonchev–Trinajstić information content (AvgIpc) is 2.83. The minimum atomic E-state index is -1.01. The predicted molar refractivity (Wildman–Crippen MR) is 123 cm³/mol. The zero-order chi connectivity index (χ0) is 24.1. The summed E-state index contributed by atoms with van der Waals surface area (Å²) >= 11 is 0. The van der Waals surface area contributed by atoms with Gasteiger partial charge < -0.3 is 20.2 Å². The van der Waals surface area contributed by atoms with Crippen molar-refractivity contribution >= 4 is 29.6 Å². The van der Waals surface area contributed by atoms with Crippen LogP contribution in [-0.4, -0.2) is 95.6 Å². The number of nitrogens with zero attached hydrogens (tertiary/aromatic N) is 4. The molecule has 3 aliphatic heterocycles. The molecule has 0 aromatic carbocycles. The number of hydrogen-bond acceptors (Lipinski definition) is 7. The van der Waals surface area contributed by atoms with Crippen molar-refractivity contribution in [1.29, 1.82) is 0 Å². The van der Waals surface area contributed by atoms with Gasteiger partial charge in [-0.15, -0.1) is 0 Å². The highest BCUT2D eigenvalue weighted by molar-refractivity contribution is 6.00. The van der Waals surface area contributed by atoms with E-state index in [2.05, 4.69) is 20.4 Å². The molecule has 1 atom stereocenters. The van der Waals surface area contributed by atoms with Crippen LogP contribution in [0.4, 0.5) is 10.6 Å². The van der Waals surface area contributed by atoms with E-state index in [1.165, 1.54) is 0 Å². The van der Waals surface area contributed by atoms with Crippen molar-refractivity contribution in [2.24, 2.45) is 0 Å². The summed E-state index contributed by atoms with van der Waals surface area (Å²) in [7, 11) is 0. The highest BCUT2D eigenvalue weighted by atomic mass is 16.4. The summed E-state index contributed by atoms with van der Waals surface area (Å²) in [5.41, 5.74) is 0.692. The first-order chi connectivity index (χ1) is 16.4. The van der Waals surface area contributed by atoms with Crippen molar-refractivity contribution in [1.82, 2.24) is 25.4 Å². The molecule has 3 saturated heterocycles. The number of pyridine rings is 1. The second-order valence-electron chi connectivity index (χ2n) is 9.11. The molecule has 0 saturated carbocycles. The Morgan fingerprint density at radius 3 is 2.47 bits per heavy atom. The van der Waals surface area contributed by atoms with E-state index in [0.29, 0.717) is 57.4 Å². The molecule has 3 aliphatic rings. The highest BCUT2D eigenvalue weighted by Crippen LogP contribution is 2.25. The van der Waals surface area contributed by atoms with Crippen molar-refractivity contribution in [2.45, 2.75) is 44.1 Å². The lowest BCUT2D eigenvalue weighted by Crippen LogP contribution is -2.49. The van der Waals surface area contributed by atoms with Crippen LogP contribution in [0.5, 0.6) is 0 Å². The molecule has 11 heteroatoms. The number of hydrogen-bond donors (Lipinski definition) is 3. The first-order valence-electron chi connectivity index (χ1n) is 11.9. The van der Waals surface area contributed by atoms with Gasteiger partial charge in [0, 0.05) is 64.7 Å². The Bertz CT molecular complexity index is 924. The normalized spacial score (nSPS) is 22.4. The van der Waals surface area contributed by atoms with Gasteiger partial charge in [-0.05, 0) is 31.4 Å². The number of piperazine rings is 1. The molecule has 0 aliphatic carbocycles. The number of rotatable bonds is 6. The van der Waals surface area contributed by atoms with Crippen LogP contribution < -0.4 is 15.5 Å². The molecule has 3 N–H and O–H groups in total. The number of amides is 4. The zero-order valence-corrected chi connectivity index (χ0v) is 19.2. The highest BCUT2D eigenvalue weighted by Gasteiger charge is 2.30. The van der Waals surface area contributed by atoms with Gasteiger partial charge in [-0.3, -0.25) is 24.6 Å². The van der Waals surface area contributed by atoms with Crippen molar-refractivity contribution in [2.75, 3.05) is 50.7 Å². The number of anilines is 1. The monoisotopic (exact) mass is 472 g/mol. The minimum absolute atomic E-state index is 0.0725. The lowest BCUT2D eigenvalue weighted by Gasteiger charge is -2.36. The van der Waals surface area contributed by atoms with E-state index in [1.807, 2.05) is 23.1 Å². The standard InChI is InChI=1S/C23H32N6O5/c30-20-5-4-17(22(32)26-20)18-2-1-3-19(25-18)28-14-12-27(13-15-28)9-8-21(31)29-10-6-16(7-11-29)24-23(33)34/h1-3,16-17,24H,4-15H2,(H,33,34)(H,26,30,32). The third-order valence-electron chi connectivity index (χ3n) is 6.87. The Morgan fingerprint density at radius 1 is 1.06 bits per heavy atom. The second kappa shape index (κ2) is 10.8. The van der Waals surface area contributed by atoms with E-state index in [-0.39, 0.29) is 23.8 Å². The SMILES string of the molecule is O=C(O)NC1CCN(C(=O)CCN2CCN(c3cccc(C4CCC(=O)NC4=O)n3)CC2)CC1. The summed E-state index contributed by atoms with van der Waals surface area (Å²) in [6.45, 7) is 5.09. The maximum Gasteiger partial charge on any atom is 0.404 e. The Morgan fingerprint density at radius 2 is 1.79 bits per heavy atom. The summed E-state index contributed by atoms with van der Waals surface area (Å²) in [4.78, 5) is 57.9. The molecule has 3 fully saturated rings. The van der Waals surface area contributed by atoms with Crippen molar-refractivity contribution in [3.8, 4) is 0 Å². The van der Waals surface area contributed by atoms with Gasteiger partial charge in [0.05, 0.1) is 11.6 Å². The van der Waals surface area contributed by atoms with Gasteiger partial charge in [0.15, 0.2) is 0 Å². The van der Waals surface area contributed by atoms with Crippen molar-refractivity contribution in [3.63, 3.8) is 0 Å². The number of carbonyl (C=O) groups excluding carboxylic acids is 3. The van der Waals surface area contributed by atoms with Crippen LogP contribution >= 0.6 is 0 Å². The fourth-order valence-electron chi connectivity index (χ4n) is 4.85. The predicted octanol–water partition coefficient (Wildman–Crippen LogP) is 0.373.